The molecule has 5 rings (SSSR count). The van der Waals surface area contributed by atoms with Gasteiger partial charge in [-0.15, -0.1) is 0 Å². The Bertz CT molecular complexity index is 1480. The van der Waals surface area contributed by atoms with Gasteiger partial charge in [0.2, 0.25) is 0 Å². The van der Waals surface area contributed by atoms with Gasteiger partial charge in [-0.3, -0.25) is 9.36 Å². The standard InChI is InChI=1S/C29H33ClN4O2/c1-5-19-9-10-21-15-23(29(35)34(6-2)28(21)33-27(19)32-26-14-17(26)3)22-12-11-20(16-24(22)30)25-8-7-13-36-18(4)31-25/h8,10-12,15-17,26,32H,5-7,9,13-14H2,1-4H3. The number of aliphatic imine (C=N–C) groups is 1. The lowest BCUT2D eigenvalue weighted by atomic mass is 10.0. The number of nitrogens with one attached hydrogen (secondary N) is 1. The number of pyridine rings is 1. The smallest absolute Gasteiger partial charge is 0.260 e. The lowest BCUT2D eigenvalue weighted by Gasteiger charge is -2.12. The van der Waals surface area contributed by atoms with Gasteiger partial charge in [-0.05, 0) is 49.8 Å². The van der Waals surface area contributed by atoms with E-state index in [9.17, 15) is 4.79 Å². The van der Waals surface area contributed by atoms with Gasteiger partial charge in [-0.2, -0.15) is 0 Å². The Morgan fingerprint density at radius 3 is 2.67 bits per heavy atom. The van der Waals surface area contributed by atoms with Crippen LogP contribution < -0.4 is 21.6 Å². The van der Waals surface area contributed by atoms with Gasteiger partial charge in [0.1, 0.15) is 11.3 Å². The maximum absolute atomic E-state index is 13.7. The number of ether oxygens (including phenoxy) is 1. The monoisotopic (exact) mass is 504 g/mol. The normalized spacial score (nSPS) is 21.1. The predicted molar refractivity (Wildman–Crippen MR) is 146 cm³/mol. The number of benzene rings is 1. The van der Waals surface area contributed by atoms with E-state index in [4.69, 9.17) is 21.3 Å². The fourth-order valence-electron chi connectivity index (χ4n) is 4.83. The van der Waals surface area contributed by atoms with Gasteiger partial charge in [0, 0.05) is 52.9 Å². The first-order valence-electron chi connectivity index (χ1n) is 12.9. The Morgan fingerprint density at radius 2 is 1.97 bits per heavy atom. The van der Waals surface area contributed by atoms with Crippen molar-refractivity contribution < 1.29 is 4.74 Å². The largest absolute Gasteiger partial charge is 0.481 e. The third-order valence-electron chi connectivity index (χ3n) is 7.18. The highest BCUT2D eigenvalue weighted by Gasteiger charge is 2.33. The fourth-order valence-corrected chi connectivity index (χ4v) is 5.11. The summed E-state index contributed by atoms with van der Waals surface area (Å²) in [5.74, 6) is 2.23. The van der Waals surface area contributed by atoms with E-state index in [1.807, 2.05) is 38.1 Å². The molecule has 36 heavy (non-hydrogen) atoms. The Morgan fingerprint density at radius 1 is 1.17 bits per heavy atom. The summed E-state index contributed by atoms with van der Waals surface area (Å²) in [4.78, 5) is 23.3. The molecule has 1 fully saturated rings. The zero-order valence-corrected chi connectivity index (χ0v) is 22.2. The molecule has 0 bridgehead atoms. The molecule has 0 radical (unpaired) electrons. The summed E-state index contributed by atoms with van der Waals surface area (Å²) in [7, 11) is 0. The Hall–Kier alpha value is -3.12. The fraction of sp³-hybridized carbons (Fsp3) is 0.414. The van der Waals surface area contributed by atoms with Crippen LogP contribution in [0.3, 0.4) is 0 Å². The third kappa shape index (κ3) is 4.79. The maximum atomic E-state index is 13.7. The highest BCUT2D eigenvalue weighted by molar-refractivity contribution is 6.33. The highest BCUT2D eigenvalue weighted by atomic mass is 35.5. The SMILES string of the molecule is CCC1=C(NC2CC2C)N=c2c(cc(-c3ccc(C4=CCCOC(C)=N4)cc3Cl)c(=O)n2CC)=CC1. The van der Waals surface area contributed by atoms with Crippen LogP contribution in [0.4, 0.5) is 0 Å². The third-order valence-corrected chi connectivity index (χ3v) is 7.50. The summed E-state index contributed by atoms with van der Waals surface area (Å²) in [5, 5.41) is 5.11. The van der Waals surface area contributed by atoms with Crippen LogP contribution in [0.5, 0.6) is 0 Å². The molecule has 3 aliphatic rings. The zero-order chi connectivity index (χ0) is 25.4. The number of rotatable bonds is 6. The van der Waals surface area contributed by atoms with Crippen molar-refractivity contribution in [1.82, 2.24) is 9.88 Å². The van der Waals surface area contributed by atoms with Crippen molar-refractivity contribution in [3.8, 4) is 11.1 Å². The first-order chi connectivity index (χ1) is 17.4. The number of aromatic nitrogens is 1. The van der Waals surface area contributed by atoms with Crippen LogP contribution in [-0.2, 0) is 11.3 Å². The minimum atomic E-state index is -0.0851. The van der Waals surface area contributed by atoms with E-state index in [1.165, 1.54) is 5.57 Å². The van der Waals surface area contributed by atoms with Crippen molar-refractivity contribution in [3.63, 3.8) is 0 Å². The number of allylic oxidation sites excluding steroid dienone is 1. The molecule has 2 aliphatic heterocycles. The summed E-state index contributed by atoms with van der Waals surface area (Å²) in [6.45, 7) is 9.38. The van der Waals surface area contributed by atoms with Crippen LogP contribution in [-0.4, -0.2) is 23.1 Å². The second-order valence-electron chi connectivity index (χ2n) is 9.73. The van der Waals surface area contributed by atoms with Gasteiger partial charge in [-0.25, -0.2) is 9.98 Å². The average Bonchev–Trinajstić information content (AvgIpc) is 3.63. The van der Waals surface area contributed by atoms with Crippen molar-refractivity contribution in [2.24, 2.45) is 15.9 Å². The first-order valence-corrected chi connectivity index (χ1v) is 13.3. The van der Waals surface area contributed by atoms with E-state index in [0.717, 1.165) is 48.0 Å². The second kappa shape index (κ2) is 10.1. The minimum absolute atomic E-state index is 0.0851. The Labute approximate surface area is 216 Å². The molecule has 7 heteroatoms. The van der Waals surface area contributed by atoms with E-state index in [2.05, 4.69) is 36.3 Å². The Balaban J connectivity index is 1.60. The lowest BCUT2D eigenvalue weighted by Crippen LogP contribution is -2.44. The number of nitrogens with zero attached hydrogens (tertiary/aromatic N) is 3. The van der Waals surface area contributed by atoms with Gasteiger partial charge in [0.15, 0.2) is 5.90 Å². The van der Waals surface area contributed by atoms with Crippen molar-refractivity contribution in [2.75, 3.05) is 6.61 Å². The van der Waals surface area contributed by atoms with E-state index >= 15 is 0 Å². The average molecular weight is 505 g/mol. The van der Waals surface area contributed by atoms with Crippen LogP contribution in [0.15, 0.2) is 56.5 Å². The topological polar surface area (TPSA) is 68.0 Å². The zero-order valence-electron chi connectivity index (χ0n) is 21.4. The van der Waals surface area contributed by atoms with Crippen LogP contribution in [0.2, 0.25) is 5.02 Å². The second-order valence-corrected chi connectivity index (χ2v) is 10.1. The van der Waals surface area contributed by atoms with Gasteiger partial charge >= 0.3 is 0 Å². The van der Waals surface area contributed by atoms with E-state index < -0.39 is 0 Å². The molecule has 0 saturated heterocycles. The molecule has 1 saturated carbocycles. The maximum Gasteiger partial charge on any atom is 0.260 e. The van der Waals surface area contributed by atoms with Crippen molar-refractivity contribution >= 4 is 29.3 Å². The molecule has 1 aromatic carbocycles. The molecule has 0 spiro atoms. The van der Waals surface area contributed by atoms with Gasteiger partial charge < -0.3 is 10.1 Å². The van der Waals surface area contributed by atoms with Crippen LogP contribution >= 0.6 is 11.6 Å². The van der Waals surface area contributed by atoms with Gasteiger partial charge in [0.05, 0.1) is 12.3 Å². The molecular weight excluding hydrogens is 472 g/mol. The summed E-state index contributed by atoms with van der Waals surface area (Å²) in [6, 6.07) is 8.19. The van der Waals surface area contributed by atoms with E-state index in [-0.39, 0.29) is 5.56 Å². The Kier molecular flexibility index (Phi) is 6.89. The van der Waals surface area contributed by atoms with Crippen molar-refractivity contribution in [2.45, 2.75) is 66.0 Å². The summed E-state index contributed by atoms with van der Waals surface area (Å²) < 4.78 is 7.30. The number of fused-ring (bicyclic) bond motifs is 1. The quantitative estimate of drug-likeness (QED) is 0.615. The molecule has 1 aromatic heterocycles. The summed E-state index contributed by atoms with van der Waals surface area (Å²) in [6.07, 6.45) is 7.90. The molecule has 2 aromatic rings. The molecular formula is C29H33ClN4O2. The van der Waals surface area contributed by atoms with Crippen molar-refractivity contribution in [1.29, 1.82) is 0 Å². The molecule has 2 atom stereocenters. The number of hydrogen-bond donors (Lipinski definition) is 1. The summed E-state index contributed by atoms with van der Waals surface area (Å²) in [5.41, 5.74) is 4.93. The van der Waals surface area contributed by atoms with Gasteiger partial charge in [0.25, 0.3) is 5.56 Å². The van der Waals surface area contributed by atoms with Crippen LogP contribution in [0.25, 0.3) is 22.9 Å². The van der Waals surface area contributed by atoms with E-state index in [0.29, 0.717) is 52.6 Å². The molecule has 2 unspecified atom stereocenters. The number of hydrogen-bond acceptors (Lipinski definition) is 5. The predicted octanol–water partition coefficient (Wildman–Crippen LogP) is 4.79. The lowest BCUT2D eigenvalue weighted by molar-refractivity contribution is 0.312. The van der Waals surface area contributed by atoms with Crippen LogP contribution in [0.1, 0.15) is 58.9 Å². The molecule has 188 valence electrons. The van der Waals surface area contributed by atoms with Crippen LogP contribution in [0, 0.1) is 5.92 Å². The summed E-state index contributed by atoms with van der Waals surface area (Å²) >= 11 is 6.78. The molecule has 0 amide bonds. The first kappa shape index (κ1) is 24.6. The molecule has 3 heterocycles. The van der Waals surface area contributed by atoms with E-state index in [1.54, 1.807) is 4.57 Å². The number of halogens is 1. The molecule has 6 nitrogen and oxygen atoms in total. The minimum Gasteiger partial charge on any atom is -0.481 e. The van der Waals surface area contributed by atoms with Crippen molar-refractivity contribution in [3.05, 3.63) is 73.4 Å². The highest BCUT2D eigenvalue weighted by Crippen LogP contribution is 2.32. The molecule has 1 aliphatic carbocycles. The molecule has 1 N–H and O–H groups in total. The van der Waals surface area contributed by atoms with Gasteiger partial charge in [-0.1, -0.05) is 49.7 Å².